The molecule has 1 heterocycles. The first-order valence-electron chi connectivity index (χ1n) is 13.1. The van der Waals surface area contributed by atoms with Gasteiger partial charge >= 0.3 is 0 Å². The first-order chi connectivity index (χ1) is 16.1. The van der Waals surface area contributed by atoms with E-state index in [1.165, 1.54) is 43.4 Å². The second-order valence-corrected chi connectivity index (χ2v) is 10.9. The molecule has 1 aromatic rings. The number of anilines is 1. The van der Waals surface area contributed by atoms with E-state index in [2.05, 4.69) is 17.1 Å². The molecular formula is C28H34N2O3. The van der Waals surface area contributed by atoms with Crippen LogP contribution in [-0.4, -0.2) is 34.7 Å². The van der Waals surface area contributed by atoms with Crippen molar-refractivity contribution in [3.8, 4) is 0 Å². The van der Waals surface area contributed by atoms with E-state index in [0.717, 1.165) is 32.1 Å². The van der Waals surface area contributed by atoms with Crippen LogP contribution in [0.1, 0.15) is 81.0 Å². The van der Waals surface area contributed by atoms with Crippen LogP contribution < -0.4 is 4.90 Å². The highest BCUT2D eigenvalue weighted by atomic mass is 16.2. The highest BCUT2D eigenvalue weighted by Crippen LogP contribution is 2.53. The third-order valence-corrected chi connectivity index (χ3v) is 9.01. The average molecular weight is 447 g/mol. The van der Waals surface area contributed by atoms with Gasteiger partial charge in [0.05, 0.1) is 17.5 Å². The van der Waals surface area contributed by atoms with Crippen molar-refractivity contribution in [3.63, 3.8) is 0 Å². The number of allylic oxidation sites excluding steroid dienone is 2. The van der Waals surface area contributed by atoms with Crippen LogP contribution in [0.5, 0.6) is 0 Å². The number of amides is 3. The fourth-order valence-corrected chi connectivity index (χ4v) is 7.41. The summed E-state index contributed by atoms with van der Waals surface area (Å²) in [5.41, 5.74) is 1.29. The lowest BCUT2D eigenvalue weighted by Gasteiger charge is -2.42. The molecule has 0 radical (unpaired) electrons. The molecule has 1 aliphatic heterocycles. The Bertz CT molecular complexity index is 923. The number of nitrogens with zero attached hydrogens (tertiary/aromatic N) is 2. The van der Waals surface area contributed by atoms with Gasteiger partial charge in [0.15, 0.2) is 0 Å². The number of carbonyl (C=O) groups is 3. The number of imide groups is 1. The summed E-state index contributed by atoms with van der Waals surface area (Å²) in [6.07, 6.45) is 17.0. The Labute approximate surface area is 196 Å². The Kier molecular flexibility index (Phi) is 5.38. The van der Waals surface area contributed by atoms with Gasteiger partial charge in [0.2, 0.25) is 11.8 Å². The summed E-state index contributed by atoms with van der Waals surface area (Å²) in [4.78, 5) is 43.6. The van der Waals surface area contributed by atoms with Gasteiger partial charge in [-0.05, 0) is 68.2 Å². The minimum Gasteiger partial charge on any atom is -0.333 e. The minimum absolute atomic E-state index is 0.0630. The normalized spacial score (nSPS) is 31.9. The van der Waals surface area contributed by atoms with Crippen LogP contribution >= 0.6 is 0 Å². The van der Waals surface area contributed by atoms with Gasteiger partial charge in [-0.1, -0.05) is 50.7 Å². The fraction of sp³-hybridized carbons (Fsp3) is 0.607. The molecule has 5 aliphatic rings. The summed E-state index contributed by atoms with van der Waals surface area (Å²) in [6, 6.07) is 7.96. The van der Waals surface area contributed by atoms with E-state index in [1.54, 1.807) is 12.1 Å². The second kappa shape index (κ2) is 8.41. The third-order valence-electron chi connectivity index (χ3n) is 9.01. The average Bonchev–Trinajstić information content (AvgIpc) is 3.54. The Morgan fingerprint density at radius 3 is 1.70 bits per heavy atom. The van der Waals surface area contributed by atoms with Gasteiger partial charge in [0.25, 0.3) is 5.91 Å². The van der Waals surface area contributed by atoms with Crippen molar-refractivity contribution in [2.24, 2.45) is 23.7 Å². The monoisotopic (exact) mass is 446 g/mol. The van der Waals surface area contributed by atoms with E-state index in [4.69, 9.17) is 0 Å². The molecule has 0 aromatic heterocycles. The van der Waals surface area contributed by atoms with Crippen LogP contribution in [0, 0.1) is 23.7 Å². The maximum absolute atomic E-state index is 13.7. The molecule has 0 unspecified atom stereocenters. The quantitative estimate of drug-likeness (QED) is 0.477. The number of rotatable bonds is 4. The zero-order chi connectivity index (χ0) is 22.5. The van der Waals surface area contributed by atoms with Crippen LogP contribution in [0.25, 0.3) is 0 Å². The molecule has 0 N–H and O–H groups in total. The number of benzene rings is 1. The molecule has 4 fully saturated rings. The van der Waals surface area contributed by atoms with E-state index in [1.807, 2.05) is 12.1 Å². The molecule has 5 heteroatoms. The maximum Gasteiger partial charge on any atom is 0.254 e. The predicted molar refractivity (Wildman–Crippen MR) is 127 cm³/mol. The molecule has 0 spiro atoms. The lowest BCUT2D eigenvalue weighted by molar-refractivity contribution is -0.123. The van der Waals surface area contributed by atoms with E-state index < -0.39 is 0 Å². The highest BCUT2D eigenvalue weighted by Gasteiger charge is 2.59. The summed E-state index contributed by atoms with van der Waals surface area (Å²) < 4.78 is 0. The molecule has 174 valence electrons. The van der Waals surface area contributed by atoms with E-state index in [0.29, 0.717) is 23.3 Å². The maximum atomic E-state index is 13.7. The Balaban J connectivity index is 1.23. The van der Waals surface area contributed by atoms with Crippen molar-refractivity contribution in [2.75, 3.05) is 4.90 Å². The second-order valence-electron chi connectivity index (χ2n) is 10.9. The van der Waals surface area contributed by atoms with Crippen LogP contribution in [0.2, 0.25) is 0 Å². The molecular weight excluding hydrogens is 412 g/mol. The number of fused-ring (bicyclic) bond motifs is 5. The summed E-state index contributed by atoms with van der Waals surface area (Å²) in [5.74, 6) is 0.0324. The van der Waals surface area contributed by atoms with Gasteiger partial charge in [-0.15, -0.1) is 0 Å². The summed E-state index contributed by atoms with van der Waals surface area (Å²) in [6.45, 7) is 0. The Morgan fingerprint density at radius 2 is 1.21 bits per heavy atom. The van der Waals surface area contributed by atoms with Crippen LogP contribution in [-0.2, 0) is 9.59 Å². The summed E-state index contributed by atoms with van der Waals surface area (Å²) >= 11 is 0. The lowest BCUT2D eigenvalue weighted by Crippen LogP contribution is -2.48. The molecule has 3 amide bonds. The van der Waals surface area contributed by atoms with Crippen LogP contribution in [0.4, 0.5) is 5.69 Å². The summed E-state index contributed by atoms with van der Waals surface area (Å²) in [5, 5.41) is 0. The van der Waals surface area contributed by atoms with Gasteiger partial charge in [0.1, 0.15) is 0 Å². The first-order valence-corrected chi connectivity index (χ1v) is 13.1. The van der Waals surface area contributed by atoms with Crippen molar-refractivity contribution in [1.82, 2.24) is 4.90 Å². The molecule has 33 heavy (non-hydrogen) atoms. The Hall–Kier alpha value is -2.43. The van der Waals surface area contributed by atoms with Crippen molar-refractivity contribution < 1.29 is 14.4 Å². The first kappa shape index (κ1) is 21.1. The molecule has 4 aliphatic carbocycles. The van der Waals surface area contributed by atoms with Gasteiger partial charge in [0, 0.05) is 17.6 Å². The van der Waals surface area contributed by atoms with E-state index in [-0.39, 0.29) is 41.4 Å². The van der Waals surface area contributed by atoms with Gasteiger partial charge in [-0.2, -0.15) is 0 Å². The minimum atomic E-state index is -0.193. The topological polar surface area (TPSA) is 57.7 Å². The van der Waals surface area contributed by atoms with E-state index in [9.17, 15) is 14.4 Å². The fourth-order valence-electron chi connectivity index (χ4n) is 7.41. The van der Waals surface area contributed by atoms with Crippen molar-refractivity contribution in [2.45, 2.75) is 82.7 Å². The SMILES string of the molecule is O=C1[C@@H]2[C@H](C(=O)N1c1ccc(C(=O)N(C3CCCCC3)C3CCCCC3)cc1)[C@H]1C=C[C@@H]2C1. The largest absolute Gasteiger partial charge is 0.333 e. The standard InChI is InChI=1S/C28H34N2O3/c31-26(29(21-7-3-1-4-8-21)22-9-5-2-6-10-22)18-13-15-23(16-14-18)30-27(32)24-19-11-12-20(17-19)25(24)28(30)33/h11-16,19-22,24-25H,1-10,17H2/t19-,20+,24+,25-. The Morgan fingerprint density at radius 1 is 0.727 bits per heavy atom. The van der Waals surface area contributed by atoms with Gasteiger partial charge in [-0.25, -0.2) is 0 Å². The zero-order valence-corrected chi connectivity index (χ0v) is 19.3. The molecule has 1 aromatic carbocycles. The molecule has 3 saturated carbocycles. The highest BCUT2D eigenvalue weighted by molar-refractivity contribution is 6.22. The van der Waals surface area contributed by atoms with Crippen molar-refractivity contribution in [1.29, 1.82) is 0 Å². The number of hydrogen-bond acceptors (Lipinski definition) is 3. The van der Waals surface area contributed by atoms with Gasteiger partial charge < -0.3 is 4.90 Å². The smallest absolute Gasteiger partial charge is 0.254 e. The molecule has 5 nitrogen and oxygen atoms in total. The lowest BCUT2D eigenvalue weighted by atomic mass is 9.85. The molecule has 4 atom stereocenters. The van der Waals surface area contributed by atoms with Crippen molar-refractivity contribution >= 4 is 23.4 Å². The van der Waals surface area contributed by atoms with Crippen LogP contribution in [0.3, 0.4) is 0 Å². The zero-order valence-electron chi connectivity index (χ0n) is 19.3. The van der Waals surface area contributed by atoms with Gasteiger partial charge in [-0.3, -0.25) is 19.3 Å². The van der Waals surface area contributed by atoms with E-state index >= 15 is 0 Å². The summed E-state index contributed by atoms with van der Waals surface area (Å²) in [7, 11) is 0. The number of hydrogen-bond donors (Lipinski definition) is 0. The molecule has 2 bridgehead atoms. The molecule has 6 rings (SSSR count). The predicted octanol–water partition coefficient (Wildman–Crippen LogP) is 5.11. The number of carbonyl (C=O) groups excluding carboxylic acids is 3. The van der Waals surface area contributed by atoms with Crippen molar-refractivity contribution in [3.05, 3.63) is 42.0 Å². The third kappa shape index (κ3) is 3.46. The van der Waals surface area contributed by atoms with Crippen LogP contribution in [0.15, 0.2) is 36.4 Å². The molecule has 1 saturated heterocycles.